The molecular weight excluding hydrogens is 286 g/mol. The molecule has 0 radical (unpaired) electrons. The van der Waals surface area contributed by atoms with Crippen LogP contribution in [0, 0.1) is 0 Å². The molecule has 0 atom stereocenters. The van der Waals surface area contributed by atoms with Crippen LogP contribution in [0.25, 0.3) is 10.9 Å². The Morgan fingerprint density at radius 1 is 0.913 bits per heavy atom. The van der Waals surface area contributed by atoms with Crippen molar-refractivity contribution in [3.8, 4) is 0 Å². The topological polar surface area (TPSA) is 48.0 Å². The molecule has 5 nitrogen and oxygen atoms in total. The highest BCUT2D eigenvalue weighted by molar-refractivity contribution is 5.81. The molecule has 3 aromatic rings. The second kappa shape index (κ2) is 6.48. The molecule has 1 fully saturated rings. The van der Waals surface area contributed by atoms with E-state index in [-0.39, 0.29) is 0 Å². The molecule has 0 unspecified atom stereocenters. The summed E-state index contributed by atoms with van der Waals surface area (Å²) >= 11 is 0. The molecule has 1 N–H and O–H groups in total. The molecule has 0 saturated carbocycles. The van der Waals surface area contributed by atoms with Gasteiger partial charge in [-0.3, -0.25) is 19.9 Å². The van der Waals surface area contributed by atoms with Gasteiger partial charge in [-0.2, -0.15) is 5.10 Å². The molecular formula is C18H21N5. The molecule has 5 heteroatoms. The lowest BCUT2D eigenvalue weighted by Crippen LogP contribution is -2.45. The van der Waals surface area contributed by atoms with Gasteiger partial charge in [0.1, 0.15) is 0 Å². The molecule has 1 aliphatic heterocycles. The number of benzene rings is 1. The Morgan fingerprint density at radius 2 is 1.65 bits per heavy atom. The van der Waals surface area contributed by atoms with E-state index in [2.05, 4.69) is 55.3 Å². The minimum absolute atomic E-state index is 0.989. The average molecular weight is 307 g/mol. The molecule has 118 valence electrons. The van der Waals surface area contributed by atoms with Gasteiger partial charge in [-0.25, -0.2) is 0 Å². The van der Waals surface area contributed by atoms with E-state index >= 15 is 0 Å². The smallest absolute Gasteiger partial charge is 0.0695 e. The molecule has 1 saturated heterocycles. The Morgan fingerprint density at radius 3 is 2.43 bits per heavy atom. The Labute approximate surface area is 135 Å². The van der Waals surface area contributed by atoms with E-state index in [0.717, 1.165) is 39.3 Å². The molecule has 4 rings (SSSR count). The lowest BCUT2D eigenvalue weighted by molar-refractivity contribution is 0.122. The highest BCUT2D eigenvalue weighted by Gasteiger charge is 2.18. The van der Waals surface area contributed by atoms with E-state index in [1.165, 1.54) is 22.0 Å². The van der Waals surface area contributed by atoms with Gasteiger partial charge in [0.25, 0.3) is 0 Å². The first kappa shape index (κ1) is 14.4. The Kier molecular flexibility index (Phi) is 4.05. The highest BCUT2D eigenvalue weighted by Crippen LogP contribution is 2.18. The predicted octanol–water partition coefficient (Wildman–Crippen LogP) is 2.28. The summed E-state index contributed by atoms with van der Waals surface area (Å²) in [5, 5.41) is 8.48. The minimum atomic E-state index is 0.989. The molecule has 0 amide bonds. The van der Waals surface area contributed by atoms with Gasteiger partial charge < -0.3 is 0 Å². The molecule has 2 aromatic heterocycles. The van der Waals surface area contributed by atoms with Crippen LogP contribution in [0.4, 0.5) is 0 Å². The number of rotatable bonds is 4. The third-order valence-corrected chi connectivity index (χ3v) is 4.58. The normalized spacial score (nSPS) is 16.9. The largest absolute Gasteiger partial charge is 0.297 e. The van der Waals surface area contributed by atoms with E-state index in [1.807, 2.05) is 18.6 Å². The Hall–Kier alpha value is -2.24. The van der Waals surface area contributed by atoms with Crippen molar-refractivity contribution < 1.29 is 0 Å². The van der Waals surface area contributed by atoms with Crippen molar-refractivity contribution in [3.05, 3.63) is 60.0 Å². The summed E-state index contributed by atoms with van der Waals surface area (Å²) in [7, 11) is 0. The fourth-order valence-corrected chi connectivity index (χ4v) is 3.25. The second-order valence-corrected chi connectivity index (χ2v) is 6.16. The van der Waals surface area contributed by atoms with Crippen LogP contribution in [0.3, 0.4) is 0 Å². The van der Waals surface area contributed by atoms with Crippen molar-refractivity contribution in [1.82, 2.24) is 25.0 Å². The van der Waals surface area contributed by atoms with E-state index in [9.17, 15) is 0 Å². The number of pyridine rings is 1. The molecule has 0 spiro atoms. The van der Waals surface area contributed by atoms with Crippen molar-refractivity contribution in [2.45, 2.75) is 13.1 Å². The number of piperazine rings is 1. The standard InChI is InChI=1S/C18H21N5/c1-2-16-12-20-21-18(16)17(3-1)14-23-10-8-22(9-11-23)13-15-4-6-19-7-5-15/h1-7,12H,8-11,13-14H2,(H,20,21). The van der Waals surface area contributed by atoms with Gasteiger partial charge in [0.05, 0.1) is 11.7 Å². The number of para-hydroxylation sites is 1. The second-order valence-electron chi connectivity index (χ2n) is 6.16. The zero-order valence-corrected chi connectivity index (χ0v) is 13.2. The summed E-state index contributed by atoms with van der Waals surface area (Å²) < 4.78 is 0. The summed E-state index contributed by atoms with van der Waals surface area (Å²) in [6.07, 6.45) is 5.64. The highest BCUT2D eigenvalue weighted by atomic mass is 15.3. The lowest BCUT2D eigenvalue weighted by atomic mass is 10.1. The van der Waals surface area contributed by atoms with E-state index in [1.54, 1.807) is 0 Å². The van der Waals surface area contributed by atoms with Gasteiger partial charge in [0, 0.05) is 57.0 Å². The van der Waals surface area contributed by atoms with Crippen LogP contribution in [0.2, 0.25) is 0 Å². The van der Waals surface area contributed by atoms with Crippen molar-refractivity contribution in [2.24, 2.45) is 0 Å². The van der Waals surface area contributed by atoms with Crippen LogP contribution >= 0.6 is 0 Å². The number of hydrogen-bond acceptors (Lipinski definition) is 4. The first-order valence-corrected chi connectivity index (χ1v) is 8.13. The van der Waals surface area contributed by atoms with Gasteiger partial charge >= 0.3 is 0 Å². The summed E-state index contributed by atoms with van der Waals surface area (Å²) in [4.78, 5) is 9.13. The van der Waals surface area contributed by atoms with Gasteiger partial charge in [-0.1, -0.05) is 18.2 Å². The van der Waals surface area contributed by atoms with Crippen LogP contribution in [0.15, 0.2) is 48.9 Å². The van der Waals surface area contributed by atoms with Gasteiger partial charge in [0.15, 0.2) is 0 Å². The summed E-state index contributed by atoms with van der Waals surface area (Å²) in [5.74, 6) is 0. The maximum atomic E-state index is 4.16. The molecule has 0 aliphatic carbocycles. The number of hydrogen-bond donors (Lipinski definition) is 1. The Bertz CT molecular complexity index is 759. The number of aromatic nitrogens is 3. The number of fused-ring (bicyclic) bond motifs is 1. The summed E-state index contributed by atoms with van der Waals surface area (Å²) in [5.41, 5.74) is 3.85. The molecule has 3 heterocycles. The van der Waals surface area contributed by atoms with Crippen molar-refractivity contribution in [2.75, 3.05) is 26.2 Å². The van der Waals surface area contributed by atoms with Gasteiger partial charge in [-0.05, 0) is 23.3 Å². The first-order chi connectivity index (χ1) is 11.4. The van der Waals surface area contributed by atoms with E-state index < -0.39 is 0 Å². The number of nitrogens with zero attached hydrogens (tertiary/aromatic N) is 4. The summed E-state index contributed by atoms with van der Waals surface area (Å²) in [6.45, 7) is 6.45. The zero-order chi connectivity index (χ0) is 15.5. The van der Waals surface area contributed by atoms with Crippen LogP contribution in [0.5, 0.6) is 0 Å². The maximum Gasteiger partial charge on any atom is 0.0695 e. The fourth-order valence-electron chi connectivity index (χ4n) is 3.25. The van der Waals surface area contributed by atoms with Crippen molar-refractivity contribution >= 4 is 10.9 Å². The first-order valence-electron chi connectivity index (χ1n) is 8.13. The SMILES string of the molecule is c1cc(CN2CCN(Cc3ccncc3)CC2)c2[nH]ncc2c1. The van der Waals surface area contributed by atoms with E-state index in [4.69, 9.17) is 0 Å². The monoisotopic (exact) mass is 307 g/mol. The molecule has 1 aromatic carbocycles. The van der Waals surface area contributed by atoms with E-state index in [0.29, 0.717) is 0 Å². The lowest BCUT2D eigenvalue weighted by Gasteiger charge is -2.34. The number of nitrogens with one attached hydrogen (secondary N) is 1. The zero-order valence-electron chi connectivity index (χ0n) is 13.2. The third kappa shape index (κ3) is 3.25. The molecule has 1 aliphatic rings. The average Bonchev–Trinajstić information content (AvgIpc) is 3.07. The predicted molar refractivity (Wildman–Crippen MR) is 90.9 cm³/mol. The van der Waals surface area contributed by atoms with Crippen LogP contribution in [-0.4, -0.2) is 51.2 Å². The quantitative estimate of drug-likeness (QED) is 0.803. The van der Waals surface area contributed by atoms with Gasteiger partial charge in [-0.15, -0.1) is 0 Å². The fraction of sp³-hybridized carbons (Fsp3) is 0.333. The van der Waals surface area contributed by atoms with Crippen LogP contribution in [-0.2, 0) is 13.1 Å². The maximum absolute atomic E-state index is 4.16. The van der Waals surface area contributed by atoms with Crippen LogP contribution in [0.1, 0.15) is 11.1 Å². The van der Waals surface area contributed by atoms with Gasteiger partial charge in [0.2, 0.25) is 0 Å². The molecule has 0 bridgehead atoms. The van der Waals surface area contributed by atoms with Crippen molar-refractivity contribution in [1.29, 1.82) is 0 Å². The number of aromatic amines is 1. The van der Waals surface area contributed by atoms with Crippen LogP contribution < -0.4 is 0 Å². The molecule has 23 heavy (non-hydrogen) atoms. The third-order valence-electron chi connectivity index (χ3n) is 4.58. The summed E-state index contributed by atoms with van der Waals surface area (Å²) in [6, 6.07) is 10.6. The Balaban J connectivity index is 1.36. The van der Waals surface area contributed by atoms with Crippen molar-refractivity contribution in [3.63, 3.8) is 0 Å². The number of H-pyrrole nitrogens is 1. The minimum Gasteiger partial charge on any atom is -0.297 e.